The minimum atomic E-state index is 0.144. The van der Waals surface area contributed by atoms with Gasteiger partial charge in [-0.1, -0.05) is 18.2 Å². The highest BCUT2D eigenvalue weighted by Gasteiger charge is 2.11. The summed E-state index contributed by atoms with van der Waals surface area (Å²) in [4.78, 5) is 4.39. The number of nitrogens with one attached hydrogen (secondary N) is 2. The average Bonchev–Trinajstić information content (AvgIpc) is 2.39. The van der Waals surface area contributed by atoms with Gasteiger partial charge < -0.3 is 15.4 Å². The first-order valence-corrected chi connectivity index (χ1v) is 6.40. The minimum Gasteiger partial charge on any atom is -0.496 e. The van der Waals surface area contributed by atoms with E-state index in [0.29, 0.717) is 0 Å². The van der Waals surface area contributed by atoms with E-state index in [1.54, 1.807) is 7.11 Å². The predicted molar refractivity (Wildman–Crippen MR) is 76.2 cm³/mol. The summed E-state index contributed by atoms with van der Waals surface area (Å²) < 4.78 is 5.37. The molecule has 0 aromatic heterocycles. The molecule has 0 heterocycles. The third-order valence-electron chi connectivity index (χ3n) is 2.62. The molecule has 0 bridgehead atoms. The van der Waals surface area contributed by atoms with Crippen LogP contribution in [0.25, 0.3) is 0 Å². The van der Waals surface area contributed by atoms with Crippen molar-refractivity contribution in [3.63, 3.8) is 0 Å². The Morgan fingerprint density at radius 3 is 2.67 bits per heavy atom. The molecule has 2 N–H and O–H groups in total. The van der Waals surface area contributed by atoms with Gasteiger partial charge in [0.1, 0.15) is 5.75 Å². The summed E-state index contributed by atoms with van der Waals surface area (Å²) in [5, 5.41) is 6.59. The molecule has 1 aromatic carbocycles. The first-order chi connectivity index (χ1) is 8.72. The van der Waals surface area contributed by atoms with Crippen molar-refractivity contribution in [3.8, 4) is 5.75 Å². The maximum Gasteiger partial charge on any atom is 0.191 e. The number of para-hydroxylation sites is 1. The van der Waals surface area contributed by atoms with Crippen molar-refractivity contribution in [2.75, 3.05) is 20.2 Å². The molecule has 1 atom stereocenters. The molecule has 4 nitrogen and oxygen atoms in total. The van der Waals surface area contributed by atoms with Gasteiger partial charge in [-0.05, 0) is 26.8 Å². The van der Waals surface area contributed by atoms with E-state index in [2.05, 4.69) is 35.5 Å². The van der Waals surface area contributed by atoms with Crippen LogP contribution in [0.3, 0.4) is 0 Å². The average molecular weight is 249 g/mol. The molecule has 0 spiro atoms. The van der Waals surface area contributed by atoms with Crippen LogP contribution in [-0.2, 0) is 0 Å². The van der Waals surface area contributed by atoms with Crippen LogP contribution in [0.1, 0.15) is 32.4 Å². The van der Waals surface area contributed by atoms with E-state index in [-0.39, 0.29) is 6.04 Å². The van der Waals surface area contributed by atoms with Crippen molar-refractivity contribution < 1.29 is 4.74 Å². The standard InChI is InChI=1S/C14H23N3O/c1-5-15-14(16-6-2)17-11(3)12-9-7-8-10-13(12)18-4/h7-11H,5-6H2,1-4H3,(H2,15,16,17). The molecule has 0 saturated heterocycles. The zero-order chi connectivity index (χ0) is 13.4. The van der Waals surface area contributed by atoms with E-state index >= 15 is 0 Å². The Hall–Kier alpha value is -1.71. The summed E-state index contributed by atoms with van der Waals surface area (Å²) in [5.74, 6) is 1.73. The smallest absolute Gasteiger partial charge is 0.191 e. The number of hydrogen-bond acceptors (Lipinski definition) is 2. The second kappa shape index (κ2) is 7.58. The molecule has 0 aliphatic rings. The Morgan fingerprint density at radius 1 is 1.33 bits per heavy atom. The topological polar surface area (TPSA) is 45.7 Å². The van der Waals surface area contributed by atoms with Gasteiger partial charge in [0.15, 0.2) is 5.96 Å². The highest BCUT2D eigenvalue weighted by atomic mass is 16.5. The van der Waals surface area contributed by atoms with Crippen LogP contribution < -0.4 is 15.4 Å². The molecular weight excluding hydrogens is 226 g/mol. The van der Waals surface area contributed by atoms with E-state index < -0.39 is 0 Å². The Labute approximate surface area is 109 Å². The maximum absolute atomic E-state index is 5.37. The molecule has 100 valence electrons. The molecule has 0 amide bonds. The molecular formula is C14H23N3O. The quantitative estimate of drug-likeness (QED) is 0.622. The van der Waals surface area contributed by atoms with E-state index in [1.165, 1.54) is 0 Å². The van der Waals surface area contributed by atoms with Crippen molar-refractivity contribution in [1.29, 1.82) is 0 Å². The lowest BCUT2D eigenvalue weighted by molar-refractivity contribution is 0.405. The fourth-order valence-electron chi connectivity index (χ4n) is 1.79. The maximum atomic E-state index is 5.37. The van der Waals surface area contributed by atoms with Gasteiger partial charge in [-0.15, -0.1) is 0 Å². The molecule has 0 aliphatic carbocycles. The lowest BCUT2D eigenvalue weighted by Crippen LogP contribution is -2.38. The van der Waals surface area contributed by atoms with Gasteiger partial charge in [-0.2, -0.15) is 0 Å². The van der Waals surface area contributed by atoms with Crippen molar-refractivity contribution in [2.45, 2.75) is 26.8 Å². The summed E-state index contributed by atoms with van der Waals surface area (Å²) >= 11 is 0. The van der Waals surface area contributed by atoms with Crippen molar-refractivity contribution in [2.24, 2.45) is 4.99 Å². The fraction of sp³-hybridized carbons (Fsp3) is 0.500. The van der Waals surface area contributed by atoms with Crippen LogP contribution in [0.4, 0.5) is 0 Å². The normalized spacial score (nSPS) is 13.0. The first-order valence-electron chi connectivity index (χ1n) is 6.40. The van der Waals surface area contributed by atoms with Gasteiger partial charge in [0, 0.05) is 18.7 Å². The van der Waals surface area contributed by atoms with Gasteiger partial charge in [0.2, 0.25) is 0 Å². The molecule has 0 radical (unpaired) electrons. The van der Waals surface area contributed by atoms with Gasteiger partial charge in [-0.25, -0.2) is 0 Å². The Morgan fingerprint density at radius 2 is 2.06 bits per heavy atom. The first kappa shape index (κ1) is 14.4. The third-order valence-corrected chi connectivity index (χ3v) is 2.62. The van der Waals surface area contributed by atoms with Gasteiger partial charge >= 0.3 is 0 Å². The van der Waals surface area contributed by atoms with Crippen LogP contribution in [-0.4, -0.2) is 26.2 Å². The van der Waals surface area contributed by atoms with Crippen molar-refractivity contribution in [1.82, 2.24) is 10.6 Å². The molecule has 4 heteroatoms. The number of aliphatic imine (C=N–C) groups is 1. The third kappa shape index (κ3) is 3.95. The number of benzene rings is 1. The van der Waals surface area contributed by atoms with Gasteiger partial charge in [0.05, 0.1) is 13.2 Å². The number of ether oxygens (including phenoxy) is 1. The van der Waals surface area contributed by atoms with Crippen LogP contribution in [0.5, 0.6) is 5.75 Å². The zero-order valence-corrected chi connectivity index (χ0v) is 11.7. The number of nitrogens with zero attached hydrogens (tertiary/aromatic N) is 1. The second-order valence-electron chi connectivity index (χ2n) is 3.96. The molecule has 0 saturated carbocycles. The lowest BCUT2D eigenvalue weighted by Gasteiger charge is -2.19. The number of guanidine groups is 1. The van der Waals surface area contributed by atoms with Crippen LogP contribution >= 0.6 is 0 Å². The van der Waals surface area contributed by atoms with Crippen LogP contribution in [0.2, 0.25) is 0 Å². The fourth-order valence-corrected chi connectivity index (χ4v) is 1.79. The summed E-state index contributed by atoms with van der Waals surface area (Å²) in [7, 11) is 1.69. The van der Waals surface area contributed by atoms with Crippen LogP contribution in [0.15, 0.2) is 29.3 Å². The highest BCUT2D eigenvalue weighted by molar-refractivity contribution is 5.80. The summed E-state index contributed by atoms with van der Waals surface area (Å²) in [6.45, 7) is 7.78. The van der Waals surface area contributed by atoms with Gasteiger partial charge in [0.25, 0.3) is 0 Å². The highest BCUT2D eigenvalue weighted by Crippen LogP contribution is 2.23. The second-order valence-corrected chi connectivity index (χ2v) is 3.96. The molecule has 1 unspecified atom stereocenters. The summed E-state index contributed by atoms with van der Waals surface area (Å²) in [6.07, 6.45) is 0. The Kier molecular flexibility index (Phi) is 6.05. The molecule has 1 rings (SSSR count). The van der Waals surface area contributed by atoms with Gasteiger partial charge in [-0.3, -0.25) is 4.99 Å². The zero-order valence-electron chi connectivity index (χ0n) is 11.7. The summed E-state index contributed by atoms with van der Waals surface area (Å²) in [6, 6.07) is 8.16. The monoisotopic (exact) mass is 249 g/mol. The van der Waals surface area contributed by atoms with E-state index in [1.807, 2.05) is 25.1 Å². The van der Waals surface area contributed by atoms with E-state index in [0.717, 1.165) is 30.4 Å². The SMILES string of the molecule is CCN=C(NCC)NC(C)c1ccccc1OC. The molecule has 0 aliphatic heterocycles. The summed E-state index contributed by atoms with van der Waals surface area (Å²) in [5.41, 5.74) is 1.13. The Bertz CT molecular complexity index is 390. The Balaban J connectivity index is 2.80. The predicted octanol–water partition coefficient (Wildman–Crippen LogP) is 2.33. The van der Waals surface area contributed by atoms with E-state index in [9.17, 15) is 0 Å². The number of hydrogen-bond donors (Lipinski definition) is 2. The molecule has 18 heavy (non-hydrogen) atoms. The largest absolute Gasteiger partial charge is 0.496 e. The van der Waals surface area contributed by atoms with Crippen molar-refractivity contribution >= 4 is 5.96 Å². The van der Waals surface area contributed by atoms with E-state index in [4.69, 9.17) is 4.74 Å². The van der Waals surface area contributed by atoms with Crippen LogP contribution in [0, 0.1) is 0 Å². The molecule has 0 fully saturated rings. The lowest BCUT2D eigenvalue weighted by atomic mass is 10.1. The molecule has 1 aromatic rings. The number of methoxy groups -OCH3 is 1. The minimum absolute atomic E-state index is 0.144. The number of rotatable bonds is 5. The van der Waals surface area contributed by atoms with Crippen molar-refractivity contribution in [3.05, 3.63) is 29.8 Å².